The Labute approximate surface area is 226 Å². The maximum Gasteiger partial charge on any atom is 0.337 e. The van der Waals surface area contributed by atoms with Crippen LogP contribution in [0.5, 0.6) is 5.75 Å². The average molecular weight is 536 g/mol. The summed E-state index contributed by atoms with van der Waals surface area (Å²) >= 11 is 1.60. The number of fused-ring (bicyclic) bond motifs is 1. The highest BCUT2D eigenvalue weighted by molar-refractivity contribution is 7.22. The van der Waals surface area contributed by atoms with E-state index in [1.165, 1.54) is 5.57 Å². The van der Waals surface area contributed by atoms with Crippen LogP contribution in [0.25, 0.3) is 26.9 Å². The molecule has 0 spiro atoms. The van der Waals surface area contributed by atoms with Crippen LogP contribution in [0.4, 0.5) is 10.8 Å². The topological polar surface area (TPSA) is 93.2 Å². The number of anilines is 2. The van der Waals surface area contributed by atoms with E-state index in [0.29, 0.717) is 18.7 Å². The van der Waals surface area contributed by atoms with Crippen LogP contribution in [-0.4, -0.2) is 61.1 Å². The van der Waals surface area contributed by atoms with E-state index in [9.17, 15) is 9.90 Å². The molecule has 0 bridgehead atoms. The van der Waals surface area contributed by atoms with E-state index in [1.807, 2.05) is 45.9 Å². The first-order valence-electron chi connectivity index (χ1n) is 13.0. The van der Waals surface area contributed by atoms with Crippen LogP contribution >= 0.6 is 11.3 Å². The normalized spacial score (nSPS) is 17.8. The molecule has 9 heteroatoms. The smallest absolute Gasteiger partial charge is 0.337 e. The van der Waals surface area contributed by atoms with Gasteiger partial charge in [0.1, 0.15) is 5.75 Å². The van der Waals surface area contributed by atoms with E-state index in [1.54, 1.807) is 18.4 Å². The van der Waals surface area contributed by atoms with E-state index in [4.69, 9.17) is 19.2 Å². The summed E-state index contributed by atoms with van der Waals surface area (Å²) in [5.41, 5.74) is 6.83. The summed E-state index contributed by atoms with van der Waals surface area (Å²) in [4.78, 5) is 19.9. The second kappa shape index (κ2) is 9.25. The second-order valence-corrected chi connectivity index (χ2v) is 12.1. The second-order valence-electron chi connectivity index (χ2n) is 11.1. The molecule has 3 aliphatic heterocycles. The van der Waals surface area contributed by atoms with Crippen LogP contribution in [0.3, 0.4) is 0 Å². The van der Waals surface area contributed by atoms with Gasteiger partial charge in [-0.15, -0.1) is 0 Å². The highest BCUT2D eigenvalue weighted by Gasteiger charge is 2.35. The summed E-state index contributed by atoms with van der Waals surface area (Å²) in [5.74, 6) is -0.154. The fourth-order valence-corrected chi connectivity index (χ4v) is 6.70. The summed E-state index contributed by atoms with van der Waals surface area (Å²) in [6.07, 6.45) is 2.14. The van der Waals surface area contributed by atoms with Crippen molar-refractivity contribution in [2.45, 2.75) is 51.9 Å². The number of methoxy groups -OCH3 is 1. The summed E-state index contributed by atoms with van der Waals surface area (Å²) in [6, 6.07) is 6.05. The van der Waals surface area contributed by atoms with Gasteiger partial charge in [0.05, 0.1) is 34.2 Å². The van der Waals surface area contributed by atoms with Gasteiger partial charge < -0.3 is 29.5 Å². The van der Waals surface area contributed by atoms with Gasteiger partial charge in [-0.25, -0.2) is 9.78 Å². The highest BCUT2D eigenvalue weighted by atomic mass is 32.1. The lowest BCUT2D eigenvalue weighted by Crippen LogP contribution is -2.51. The van der Waals surface area contributed by atoms with Crippen molar-refractivity contribution in [1.82, 2.24) is 4.98 Å². The molecule has 1 saturated heterocycles. The van der Waals surface area contributed by atoms with Gasteiger partial charge >= 0.3 is 5.97 Å². The molecule has 3 aromatic rings. The molecular formula is C29H33N3O5S. The first-order chi connectivity index (χ1) is 18.1. The Hall–Kier alpha value is -3.14. The summed E-state index contributed by atoms with van der Waals surface area (Å²) < 4.78 is 18.6. The van der Waals surface area contributed by atoms with Crippen LogP contribution in [0.15, 0.2) is 24.3 Å². The van der Waals surface area contributed by atoms with Crippen LogP contribution in [0, 0.1) is 6.92 Å². The molecule has 1 aromatic heterocycles. The Morgan fingerprint density at radius 1 is 1.29 bits per heavy atom. The number of carboxylic acids is 1. The number of thiazole rings is 1. The zero-order valence-electron chi connectivity index (χ0n) is 22.4. The van der Waals surface area contributed by atoms with E-state index in [-0.39, 0.29) is 6.10 Å². The SMILES string of the molecule is COC1CN(c2nc3cc(C)c([C@H](OC(C)(C)C)C(=O)O)c(-c4ccc5c6c4NCC=C6CCO5)c3s2)C1. The highest BCUT2D eigenvalue weighted by Crippen LogP contribution is 2.51. The number of aromatic nitrogens is 1. The Bertz CT molecular complexity index is 1470. The van der Waals surface area contributed by atoms with Crippen LogP contribution < -0.4 is 15.0 Å². The number of rotatable bonds is 6. The number of nitrogens with one attached hydrogen (secondary N) is 1. The predicted octanol–water partition coefficient (Wildman–Crippen LogP) is 5.64. The van der Waals surface area contributed by atoms with Crippen LogP contribution in [0.1, 0.15) is 50.0 Å². The minimum atomic E-state index is -1.14. The van der Waals surface area contributed by atoms with Gasteiger partial charge in [-0.05, 0) is 57.0 Å². The first kappa shape index (κ1) is 25.2. The van der Waals surface area contributed by atoms with Gasteiger partial charge in [0.2, 0.25) is 0 Å². The number of hydrogen-bond acceptors (Lipinski definition) is 8. The minimum Gasteiger partial charge on any atom is -0.493 e. The van der Waals surface area contributed by atoms with Gasteiger partial charge in [0.25, 0.3) is 0 Å². The molecule has 0 aliphatic carbocycles. The fourth-order valence-electron chi connectivity index (χ4n) is 5.56. The van der Waals surface area contributed by atoms with Gasteiger partial charge in [-0.1, -0.05) is 17.4 Å². The lowest BCUT2D eigenvalue weighted by atomic mass is 9.86. The van der Waals surface area contributed by atoms with Crippen molar-refractivity contribution >= 4 is 43.9 Å². The molecule has 1 fully saturated rings. The molecule has 0 radical (unpaired) electrons. The molecule has 6 rings (SSSR count). The number of aryl methyl sites for hydroxylation is 1. The third-order valence-electron chi connectivity index (χ3n) is 7.34. The molecule has 2 N–H and O–H groups in total. The minimum absolute atomic E-state index is 0.204. The number of hydrogen-bond donors (Lipinski definition) is 2. The Morgan fingerprint density at radius 3 is 2.79 bits per heavy atom. The monoisotopic (exact) mass is 535 g/mol. The third-order valence-corrected chi connectivity index (χ3v) is 8.49. The molecule has 4 heterocycles. The molecule has 38 heavy (non-hydrogen) atoms. The van der Waals surface area contributed by atoms with Gasteiger partial charge in [0, 0.05) is 55.4 Å². The van der Waals surface area contributed by atoms with E-state index < -0.39 is 17.7 Å². The van der Waals surface area contributed by atoms with Crippen molar-refractivity contribution in [2.75, 3.05) is 43.6 Å². The first-order valence-corrected chi connectivity index (χ1v) is 13.8. The molecule has 1 atom stereocenters. The predicted molar refractivity (Wildman–Crippen MR) is 151 cm³/mol. The molecule has 200 valence electrons. The third kappa shape index (κ3) is 4.22. The van der Waals surface area contributed by atoms with E-state index in [2.05, 4.69) is 16.3 Å². The molecule has 8 nitrogen and oxygen atoms in total. The Kier molecular flexibility index (Phi) is 6.13. The summed E-state index contributed by atoms with van der Waals surface area (Å²) in [5, 5.41) is 14.9. The zero-order valence-corrected chi connectivity index (χ0v) is 23.2. The quantitative estimate of drug-likeness (QED) is 0.419. The maximum absolute atomic E-state index is 12.7. The molecule has 0 amide bonds. The number of nitrogens with zero attached hydrogens (tertiary/aromatic N) is 2. The standard InChI is InChI=1S/C29H33N3O5S/c1-15-12-19-26(38-28(31-19)32-13-17(14-32)35-5)23(21(15)25(27(33)34)37-29(2,3)4)18-6-7-20-22-16(9-11-36-20)8-10-30-24(18)22/h6-8,12,17,25,30H,9-11,13-14H2,1-5H3,(H,33,34)/t25-/m0/s1. The van der Waals surface area contributed by atoms with Gasteiger partial charge in [-0.2, -0.15) is 0 Å². The van der Waals surface area contributed by atoms with Crippen molar-refractivity contribution in [1.29, 1.82) is 0 Å². The van der Waals surface area contributed by atoms with E-state index in [0.717, 1.165) is 68.5 Å². The maximum atomic E-state index is 12.7. The number of ether oxygens (including phenoxy) is 3. The molecule has 0 unspecified atom stereocenters. The summed E-state index contributed by atoms with van der Waals surface area (Å²) in [7, 11) is 1.73. The molecular weight excluding hydrogens is 502 g/mol. The van der Waals surface area contributed by atoms with Gasteiger partial charge in [0.15, 0.2) is 11.2 Å². The Balaban J connectivity index is 1.62. The zero-order chi connectivity index (χ0) is 26.8. The molecule has 3 aliphatic rings. The Morgan fingerprint density at radius 2 is 2.08 bits per heavy atom. The number of carboxylic acid groups (broad SMARTS) is 1. The number of aliphatic carboxylic acids is 1. The average Bonchev–Trinajstić information content (AvgIpc) is 3.24. The lowest BCUT2D eigenvalue weighted by Gasteiger charge is -2.37. The fraction of sp³-hybridized carbons (Fsp3) is 0.448. The van der Waals surface area contributed by atoms with Gasteiger partial charge in [-0.3, -0.25) is 0 Å². The van der Waals surface area contributed by atoms with Crippen LogP contribution in [0.2, 0.25) is 0 Å². The number of carbonyl (C=O) groups is 1. The molecule has 2 aromatic carbocycles. The van der Waals surface area contributed by atoms with Crippen molar-refractivity contribution in [3.8, 4) is 16.9 Å². The van der Waals surface area contributed by atoms with Crippen molar-refractivity contribution in [3.05, 3.63) is 41.0 Å². The van der Waals surface area contributed by atoms with Crippen molar-refractivity contribution in [2.24, 2.45) is 0 Å². The summed E-state index contributed by atoms with van der Waals surface area (Å²) in [6.45, 7) is 10.6. The lowest BCUT2D eigenvalue weighted by molar-refractivity contribution is -0.160. The van der Waals surface area contributed by atoms with Crippen LogP contribution in [-0.2, 0) is 14.3 Å². The van der Waals surface area contributed by atoms with Crippen molar-refractivity contribution < 1.29 is 24.1 Å². The number of benzene rings is 2. The van der Waals surface area contributed by atoms with E-state index >= 15 is 0 Å². The molecule has 0 saturated carbocycles. The largest absolute Gasteiger partial charge is 0.493 e. The van der Waals surface area contributed by atoms with Crippen molar-refractivity contribution in [3.63, 3.8) is 0 Å².